The van der Waals surface area contributed by atoms with Gasteiger partial charge in [-0.1, -0.05) is 0 Å². The predicted molar refractivity (Wildman–Crippen MR) is 312 cm³/mol. The van der Waals surface area contributed by atoms with Crippen molar-refractivity contribution in [3.8, 4) is 0 Å². The van der Waals surface area contributed by atoms with Gasteiger partial charge in [0.25, 0.3) is 80.9 Å². The molecular weight excluding hydrogens is 1650 g/mol. The van der Waals surface area contributed by atoms with Gasteiger partial charge < -0.3 is 8.37 Å². The van der Waals surface area contributed by atoms with Crippen LogP contribution in [0.4, 0.5) is 22.4 Å². The third kappa shape index (κ3) is 27.5. The van der Waals surface area contributed by atoms with Crippen molar-refractivity contribution in [3.63, 3.8) is 0 Å². The zero-order valence-electron chi connectivity index (χ0n) is 48.1. The summed E-state index contributed by atoms with van der Waals surface area (Å²) < 4.78 is 398. The highest BCUT2D eigenvalue weighted by Crippen LogP contribution is 2.39. The van der Waals surface area contributed by atoms with E-state index >= 15 is 0 Å². The fourth-order valence-corrected chi connectivity index (χ4v) is 26.9. The molecular formula is C30H54F4O44S16. The second-order valence-electron chi connectivity index (χ2n) is 18.9. The third-order valence-corrected chi connectivity index (χ3v) is 39.8. The Morgan fingerprint density at radius 1 is 0.309 bits per heavy atom. The topological polar surface area (TPSA) is 626 Å². The van der Waals surface area contributed by atoms with E-state index in [0.717, 1.165) is 13.8 Å². The zero-order chi connectivity index (χ0) is 75.0. The molecule has 8 aliphatic heterocycles. The van der Waals surface area contributed by atoms with Gasteiger partial charge in [-0.15, -0.1) is 8.78 Å². The van der Waals surface area contributed by atoms with Crippen LogP contribution in [0.15, 0.2) is 0 Å². The molecule has 8 saturated heterocycles. The summed E-state index contributed by atoms with van der Waals surface area (Å²) in [6.45, 7) is 7.71. The Balaban J connectivity index is 0.000000538. The van der Waals surface area contributed by atoms with E-state index in [1.54, 1.807) is 0 Å². The first kappa shape index (κ1) is 90.0. The number of halogens is 4. The summed E-state index contributed by atoms with van der Waals surface area (Å²) in [6, 6.07) is 0. The number of carbonyl (C=O) groups is 1. The predicted octanol–water partition coefficient (Wildman–Crippen LogP) is -5.12. The minimum atomic E-state index is -5.16. The quantitative estimate of drug-likeness (QED) is 0.124. The summed E-state index contributed by atoms with van der Waals surface area (Å²) in [4.78, 5) is 10.1. The molecule has 0 aliphatic carbocycles. The lowest BCUT2D eigenvalue weighted by Crippen LogP contribution is -2.54. The lowest BCUT2D eigenvalue weighted by Gasteiger charge is -2.40. The molecule has 5 atom stereocenters. The largest absolute Gasteiger partial charge is 0.540 e. The third-order valence-electron chi connectivity index (χ3n) is 8.90. The molecule has 8 aliphatic rings. The minimum Gasteiger partial charge on any atom is -0.310 e. The van der Waals surface area contributed by atoms with E-state index in [9.17, 15) is 136 Å². The maximum Gasteiger partial charge on any atom is 0.540 e. The summed E-state index contributed by atoms with van der Waals surface area (Å²) in [5, 5.41) is -4.91. The molecule has 0 aromatic heterocycles. The summed E-state index contributed by atoms with van der Waals surface area (Å²) in [6.07, 6.45) is -6.37. The number of carbonyl (C=O) groups excluding carboxylic acids is 1. The molecule has 94 heavy (non-hydrogen) atoms. The van der Waals surface area contributed by atoms with Crippen LogP contribution >= 0.6 is 0 Å². The van der Waals surface area contributed by atoms with Crippen LogP contribution in [0.5, 0.6) is 0 Å². The van der Waals surface area contributed by atoms with Crippen LogP contribution < -0.4 is 0 Å². The van der Waals surface area contributed by atoms with Gasteiger partial charge in [-0.2, -0.15) is 110 Å². The molecule has 0 spiro atoms. The second kappa shape index (κ2) is 29.1. The molecule has 44 nitrogen and oxygen atoms in total. The van der Waals surface area contributed by atoms with E-state index in [-0.39, 0.29) is 13.2 Å². The average molecular weight is 1710 g/mol. The van der Waals surface area contributed by atoms with Gasteiger partial charge >= 0.3 is 47.4 Å². The first-order valence-corrected chi connectivity index (χ1v) is 47.6. The number of hydrogen-bond acceptors (Lipinski definition) is 44. The van der Waals surface area contributed by atoms with Gasteiger partial charge in [0.2, 0.25) is 14.2 Å². The van der Waals surface area contributed by atoms with Crippen LogP contribution in [-0.2, 0) is 227 Å². The number of alkyl halides is 4. The van der Waals surface area contributed by atoms with Gasteiger partial charge in [0.15, 0.2) is 61.1 Å². The van der Waals surface area contributed by atoms with Crippen molar-refractivity contribution < 1.29 is 203 Å². The summed E-state index contributed by atoms with van der Waals surface area (Å²) in [7, 11) is -63.0. The Hall–Kier alpha value is -2.02. The van der Waals surface area contributed by atoms with E-state index < -0.39 is 243 Å². The normalized spacial score (nSPS) is 35.5. The van der Waals surface area contributed by atoms with Crippen molar-refractivity contribution in [2.75, 3.05) is 59.0 Å². The number of hydrogen-bond donors (Lipinski definition) is 0. The molecule has 0 amide bonds. The van der Waals surface area contributed by atoms with Crippen molar-refractivity contribution in [2.45, 2.75) is 86.0 Å². The van der Waals surface area contributed by atoms with Gasteiger partial charge in [0, 0.05) is 0 Å². The molecule has 0 aromatic rings. The van der Waals surface area contributed by atoms with Crippen LogP contribution in [0.3, 0.4) is 0 Å². The lowest BCUT2D eigenvalue weighted by molar-refractivity contribution is -0.306. The van der Waals surface area contributed by atoms with Crippen molar-refractivity contribution in [2.24, 2.45) is 0 Å². The molecule has 8 rings (SSSR count). The highest BCUT2D eigenvalue weighted by molar-refractivity contribution is 8.12. The minimum absolute atomic E-state index is 0.00155. The van der Waals surface area contributed by atoms with E-state index in [4.69, 9.17) is 12.5 Å². The lowest BCUT2D eigenvalue weighted by atomic mass is 10.4. The second-order valence-corrected chi connectivity index (χ2v) is 51.1. The van der Waals surface area contributed by atoms with Gasteiger partial charge in [-0.3, -0.25) is 25.1 Å². The van der Waals surface area contributed by atoms with Gasteiger partial charge in [0.05, 0.1) is 42.6 Å². The highest BCUT2D eigenvalue weighted by Gasteiger charge is 2.59. The first-order chi connectivity index (χ1) is 40.7. The van der Waals surface area contributed by atoms with E-state index in [0.29, 0.717) is 0 Å². The van der Waals surface area contributed by atoms with Gasteiger partial charge in [0.1, 0.15) is 9.80 Å². The first-order valence-electron chi connectivity index (χ1n) is 22.1. The highest BCUT2D eigenvalue weighted by atomic mass is 32.3. The maximum absolute atomic E-state index is 12.6. The van der Waals surface area contributed by atoms with Crippen molar-refractivity contribution in [1.82, 2.24) is 0 Å². The SMILES string of the molecule is C=S1(=O)CS(=O)(=O)OC(C)(C)O1.C=S1(=O)CS(=O)(=O)OCCO1.C=S1(=O)CS(=O)(=O)OCO1.C=S1(=O)OC(C)(C)OS(=O)(=O)C1(C)C.C=S1(=O)OCOS(=O)(=O)C1(F)F.CC1(C)S(=O)(=O)OCOS1(=O)=O.O=C1OS(=O)(=O)CS(=O)(=O)O1.O=S1(=O)CS(=O)(=O)OC(F)(F)O1. The van der Waals surface area contributed by atoms with Crippen molar-refractivity contribution in [3.05, 3.63) is 0 Å². The molecule has 64 heteroatoms. The summed E-state index contributed by atoms with van der Waals surface area (Å²) >= 11 is 0. The zero-order valence-corrected chi connectivity index (χ0v) is 61.2. The van der Waals surface area contributed by atoms with Crippen molar-refractivity contribution in [1.29, 1.82) is 0 Å². The Morgan fingerprint density at radius 3 is 0.989 bits per heavy atom. The molecule has 0 N–H and O–H groups in total. The fraction of sp³-hybridized carbons (Fsp3) is 0.800. The molecule has 8 fully saturated rings. The van der Waals surface area contributed by atoms with Crippen molar-refractivity contribution >= 4 is 196 Å². The van der Waals surface area contributed by atoms with Crippen LogP contribution in [0.25, 0.3) is 0 Å². The Kier molecular flexibility index (Phi) is 27.9. The fourth-order valence-electron chi connectivity index (χ4n) is 5.00. The van der Waals surface area contributed by atoms with Gasteiger partial charge in [-0.05, 0) is 84.7 Å². The Morgan fingerprint density at radius 2 is 0.649 bits per heavy atom. The van der Waals surface area contributed by atoms with E-state index in [1.165, 1.54) is 41.5 Å². The molecule has 0 saturated carbocycles. The molecule has 5 unspecified atom stereocenters. The molecule has 0 aromatic carbocycles. The van der Waals surface area contributed by atoms with Crippen LogP contribution in [0, 0.1) is 0 Å². The average Bonchev–Trinajstić information content (AvgIpc) is 0.778. The standard InChI is InChI=1S/C7H14O5S2.C5H10O5S2.C4H8O6S2.C4H8O5S2.C3H4F2O5S2.C3H6O5S2.C2H2F2O6S2.C2H2O7S2/c1-6(2)11-13(5,8)7(3,4)14(9,10)12-6;1-5(2)9-11(3,6)4-12(7,8)10-5;1-4(2)11(5,6)9-3-10-12(4,7)8;1-10(5)4-11(6,7)9-3-2-8-10;1-11(6)3(4,5)12(7,8)10-2-9-11;1-9(4)3-10(5,6)8-2-7-9;3-2(4)9-11(5,6)1-12(7,8)10-2;3-2-8-10(4,5)1-11(6,7)9-2/h5H2,1-4H3;3-4H2,1-2H3;3H2,1-2H3;1-4H2;1-2H2;1-3H2;1H2;1H2. The van der Waals surface area contributed by atoms with Crippen LogP contribution in [-0.4, -0.2) is 239 Å². The van der Waals surface area contributed by atoms with E-state index in [2.05, 4.69) is 83.7 Å². The monoisotopic (exact) mass is 1710 g/mol. The molecule has 562 valence electrons. The Labute approximate surface area is 539 Å². The maximum atomic E-state index is 12.6. The van der Waals surface area contributed by atoms with Gasteiger partial charge in [-0.25, -0.2) is 50.9 Å². The number of rotatable bonds is 0. The summed E-state index contributed by atoms with van der Waals surface area (Å²) in [5.41, 5.74) is 0. The smallest absolute Gasteiger partial charge is 0.310 e. The van der Waals surface area contributed by atoms with E-state index in [1.807, 2.05) is 0 Å². The summed E-state index contributed by atoms with van der Waals surface area (Å²) in [5.74, 6) is 12.4. The molecule has 0 bridgehead atoms. The van der Waals surface area contributed by atoms with Crippen LogP contribution in [0.2, 0.25) is 0 Å². The molecule has 0 radical (unpaired) electrons. The molecule has 8 heterocycles. The Bertz CT molecular complexity index is 4360. The van der Waals surface area contributed by atoms with Crippen LogP contribution in [0.1, 0.15) is 55.4 Å².